The van der Waals surface area contributed by atoms with Crippen molar-refractivity contribution in [3.8, 4) is 6.07 Å². The topological polar surface area (TPSA) is 66.6 Å². The minimum absolute atomic E-state index is 0.593. The third-order valence-electron chi connectivity index (χ3n) is 2.65. The van der Waals surface area contributed by atoms with E-state index in [4.69, 9.17) is 5.73 Å². The highest BCUT2D eigenvalue weighted by Gasteiger charge is 2.16. The van der Waals surface area contributed by atoms with Gasteiger partial charge in [-0.25, -0.2) is 0 Å². The van der Waals surface area contributed by atoms with Crippen molar-refractivity contribution in [3.05, 3.63) is 52.4 Å². The van der Waals surface area contributed by atoms with E-state index in [9.17, 15) is 5.26 Å². The summed E-state index contributed by atoms with van der Waals surface area (Å²) in [5.41, 5.74) is 8.37. The van der Waals surface area contributed by atoms with E-state index in [0.717, 1.165) is 11.1 Å². The predicted octanol–water partition coefficient (Wildman–Crippen LogP) is 2.42. The summed E-state index contributed by atoms with van der Waals surface area (Å²) in [7, 11) is 1.67. The van der Waals surface area contributed by atoms with Gasteiger partial charge < -0.3 is 10.1 Å². The molecule has 4 nitrogen and oxygen atoms in total. The quantitative estimate of drug-likeness (QED) is 0.866. The molecule has 2 heterocycles. The van der Waals surface area contributed by atoms with Gasteiger partial charge in [0, 0.05) is 31.2 Å². The molecule has 0 saturated heterocycles. The number of allylic oxidation sites excluding steroid dienone is 1. The third kappa shape index (κ3) is 1.91. The molecule has 2 rings (SSSR count). The lowest BCUT2D eigenvalue weighted by atomic mass is 10.1. The number of hydrogen-bond donors (Lipinski definition) is 1. The van der Waals surface area contributed by atoms with Crippen LogP contribution in [-0.4, -0.2) is 17.2 Å². The summed E-state index contributed by atoms with van der Waals surface area (Å²) in [6.07, 6.45) is 5.19. The molecule has 18 heavy (non-hydrogen) atoms. The van der Waals surface area contributed by atoms with E-state index in [-0.39, 0.29) is 0 Å². The van der Waals surface area contributed by atoms with Crippen LogP contribution < -0.4 is 5.73 Å². The summed E-state index contributed by atoms with van der Waals surface area (Å²) < 4.78 is 2.56. The van der Waals surface area contributed by atoms with E-state index in [1.807, 2.05) is 35.0 Å². The molecular weight excluding hydrogens is 292 g/mol. The molecule has 0 radical (unpaired) electrons. The van der Waals surface area contributed by atoms with Crippen molar-refractivity contribution in [3.63, 3.8) is 0 Å². The summed E-state index contributed by atoms with van der Waals surface area (Å²) >= 11 is 3.35. The van der Waals surface area contributed by atoms with E-state index in [0.29, 0.717) is 15.8 Å². The van der Waals surface area contributed by atoms with Gasteiger partial charge in [-0.1, -0.05) is 6.07 Å². The Morgan fingerprint density at radius 3 is 2.94 bits per heavy atom. The number of halogens is 1. The van der Waals surface area contributed by atoms with E-state index >= 15 is 0 Å². The second kappa shape index (κ2) is 5.07. The number of aliphatic imine (C=N–C) groups is 1. The van der Waals surface area contributed by atoms with Crippen molar-refractivity contribution >= 4 is 27.2 Å². The van der Waals surface area contributed by atoms with Gasteiger partial charge >= 0.3 is 0 Å². The van der Waals surface area contributed by atoms with Crippen LogP contribution in [0.3, 0.4) is 0 Å². The summed E-state index contributed by atoms with van der Waals surface area (Å²) in [5, 5.41) is 9.32. The molecule has 0 fully saturated rings. The maximum absolute atomic E-state index is 9.32. The molecule has 5 heteroatoms. The highest BCUT2D eigenvalue weighted by Crippen LogP contribution is 2.23. The first-order valence-corrected chi connectivity index (χ1v) is 6.07. The molecular formula is C13H11BrN4. The fourth-order valence-electron chi connectivity index (χ4n) is 1.85. The van der Waals surface area contributed by atoms with E-state index in [1.54, 1.807) is 7.05 Å². The SMILES string of the molecule is CN=C(C(Br)=CN)c1cn2ccccc2c1C#N. The number of aromatic nitrogens is 1. The molecule has 0 amide bonds. The van der Waals surface area contributed by atoms with Crippen molar-refractivity contribution in [2.75, 3.05) is 7.05 Å². The first-order valence-electron chi connectivity index (χ1n) is 5.27. The Hall–Kier alpha value is -2.06. The van der Waals surface area contributed by atoms with Gasteiger partial charge in [-0.15, -0.1) is 0 Å². The Balaban J connectivity index is 2.76. The molecule has 2 aromatic rings. The van der Waals surface area contributed by atoms with Crippen LogP contribution in [0.5, 0.6) is 0 Å². The molecule has 2 aromatic heterocycles. The van der Waals surface area contributed by atoms with Gasteiger partial charge in [-0.05, 0) is 28.1 Å². The first kappa shape index (κ1) is 12.4. The maximum Gasteiger partial charge on any atom is 0.102 e. The lowest BCUT2D eigenvalue weighted by molar-refractivity contribution is 1.20. The Bertz CT molecular complexity index is 689. The molecule has 0 aliphatic rings. The number of hydrogen-bond acceptors (Lipinski definition) is 3. The van der Waals surface area contributed by atoms with Crippen molar-refractivity contribution in [1.82, 2.24) is 4.40 Å². The number of nitrogens with zero attached hydrogens (tertiary/aromatic N) is 3. The van der Waals surface area contributed by atoms with Gasteiger partial charge in [-0.3, -0.25) is 4.99 Å². The average Bonchev–Trinajstić information content (AvgIpc) is 2.77. The molecule has 0 bridgehead atoms. The van der Waals surface area contributed by atoms with Crippen molar-refractivity contribution in [2.45, 2.75) is 0 Å². The highest BCUT2D eigenvalue weighted by atomic mass is 79.9. The van der Waals surface area contributed by atoms with Crippen LogP contribution in [0.2, 0.25) is 0 Å². The molecule has 0 aromatic carbocycles. The van der Waals surface area contributed by atoms with Crippen LogP contribution in [0.4, 0.5) is 0 Å². The summed E-state index contributed by atoms with van der Waals surface area (Å²) in [6.45, 7) is 0. The van der Waals surface area contributed by atoms with Gasteiger partial charge in [-0.2, -0.15) is 5.26 Å². The van der Waals surface area contributed by atoms with Gasteiger partial charge in [0.2, 0.25) is 0 Å². The fraction of sp³-hybridized carbons (Fsp3) is 0.0769. The van der Waals surface area contributed by atoms with Crippen molar-refractivity contribution in [1.29, 1.82) is 5.26 Å². The molecule has 0 spiro atoms. The smallest absolute Gasteiger partial charge is 0.102 e. The molecule has 0 aliphatic carbocycles. The van der Waals surface area contributed by atoms with Crippen LogP contribution >= 0.6 is 15.9 Å². The molecule has 0 unspecified atom stereocenters. The van der Waals surface area contributed by atoms with Crippen LogP contribution in [0.1, 0.15) is 11.1 Å². The maximum atomic E-state index is 9.32. The molecule has 0 aliphatic heterocycles. The zero-order valence-electron chi connectivity index (χ0n) is 9.76. The molecule has 90 valence electrons. The summed E-state index contributed by atoms with van der Waals surface area (Å²) in [6, 6.07) is 7.93. The van der Waals surface area contributed by atoms with Crippen LogP contribution in [0, 0.1) is 11.3 Å². The monoisotopic (exact) mass is 302 g/mol. The van der Waals surface area contributed by atoms with E-state index < -0.39 is 0 Å². The van der Waals surface area contributed by atoms with Gasteiger partial charge in [0.15, 0.2) is 0 Å². The predicted molar refractivity (Wildman–Crippen MR) is 75.8 cm³/mol. The Kier molecular flexibility index (Phi) is 3.49. The largest absolute Gasteiger partial charge is 0.404 e. The third-order valence-corrected chi connectivity index (χ3v) is 3.29. The lowest BCUT2D eigenvalue weighted by Crippen LogP contribution is -2.03. The highest BCUT2D eigenvalue weighted by molar-refractivity contribution is 9.12. The van der Waals surface area contributed by atoms with Crippen LogP contribution in [-0.2, 0) is 0 Å². The second-order valence-electron chi connectivity index (χ2n) is 3.61. The molecule has 0 saturated carbocycles. The number of fused-ring (bicyclic) bond motifs is 1. The average molecular weight is 303 g/mol. The summed E-state index contributed by atoms with van der Waals surface area (Å²) in [5.74, 6) is 0. The number of nitrogens with two attached hydrogens (primary N) is 1. The zero-order chi connectivity index (χ0) is 13.1. The van der Waals surface area contributed by atoms with E-state index in [2.05, 4.69) is 27.0 Å². The number of rotatable bonds is 2. The number of pyridine rings is 1. The normalized spacial score (nSPS) is 12.7. The standard InChI is InChI=1S/C13H11BrN4/c1-17-13(11(14)7-16)10-8-18-5-3-2-4-12(18)9(10)6-15/h2-5,7-8H,16H2,1H3. The van der Waals surface area contributed by atoms with E-state index in [1.165, 1.54) is 6.20 Å². The Morgan fingerprint density at radius 1 is 1.56 bits per heavy atom. The molecule has 0 atom stereocenters. The Labute approximate surface area is 113 Å². The Morgan fingerprint density at radius 2 is 2.33 bits per heavy atom. The van der Waals surface area contributed by atoms with Gasteiger partial charge in [0.25, 0.3) is 0 Å². The van der Waals surface area contributed by atoms with Gasteiger partial charge in [0.05, 0.1) is 21.3 Å². The minimum atomic E-state index is 0.593. The van der Waals surface area contributed by atoms with Gasteiger partial charge in [0.1, 0.15) is 6.07 Å². The zero-order valence-corrected chi connectivity index (χ0v) is 11.3. The fourth-order valence-corrected chi connectivity index (χ4v) is 2.24. The first-order chi connectivity index (χ1) is 8.72. The van der Waals surface area contributed by atoms with Crippen LogP contribution in [0.15, 0.2) is 46.3 Å². The number of nitriles is 1. The van der Waals surface area contributed by atoms with Crippen molar-refractivity contribution < 1.29 is 0 Å². The second-order valence-corrected chi connectivity index (χ2v) is 4.46. The lowest BCUT2D eigenvalue weighted by Gasteiger charge is -2.01. The molecule has 2 N–H and O–H groups in total. The van der Waals surface area contributed by atoms with Crippen LogP contribution in [0.25, 0.3) is 5.52 Å². The van der Waals surface area contributed by atoms with Crippen molar-refractivity contribution in [2.24, 2.45) is 10.7 Å². The summed E-state index contributed by atoms with van der Waals surface area (Å²) in [4.78, 5) is 4.19. The minimum Gasteiger partial charge on any atom is -0.404 e.